The van der Waals surface area contributed by atoms with Gasteiger partial charge in [0.25, 0.3) is 0 Å². The summed E-state index contributed by atoms with van der Waals surface area (Å²) >= 11 is 0. The zero-order valence-corrected chi connectivity index (χ0v) is 10.5. The van der Waals surface area contributed by atoms with Crippen LogP contribution >= 0.6 is 0 Å². The summed E-state index contributed by atoms with van der Waals surface area (Å²) < 4.78 is 40.4. The second-order valence-corrected chi connectivity index (χ2v) is 4.18. The molecule has 0 aliphatic rings. The fraction of sp³-hybridized carbons (Fsp3) is 0.200. The van der Waals surface area contributed by atoms with Crippen molar-refractivity contribution in [3.05, 3.63) is 59.4 Å². The van der Waals surface area contributed by atoms with Crippen molar-refractivity contribution in [2.45, 2.75) is 13.5 Å². The summed E-state index contributed by atoms with van der Waals surface area (Å²) in [5.74, 6) is -2.36. The predicted octanol–water partition coefficient (Wildman–Crippen LogP) is 3.88. The third-order valence-electron chi connectivity index (χ3n) is 2.88. The molecule has 0 aromatic heterocycles. The summed E-state index contributed by atoms with van der Waals surface area (Å²) in [6.45, 7) is 3.15. The number of rotatable bonds is 4. The molecule has 1 N–H and O–H groups in total. The number of hydrogen-bond acceptors (Lipinski definition) is 1. The van der Waals surface area contributed by atoms with Crippen LogP contribution in [0.5, 0.6) is 0 Å². The Bertz CT molecular complexity index is 582. The molecule has 0 bridgehead atoms. The van der Waals surface area contributed by atoms with Gasteiger partial charge in [0.15, 0.2) is 11.6 Å². The van der Waals surface area contributed by atoms with E-state index in [0.29, 0.717) is 12.1 Å². The predicted molar refractivity (Wildman–Crippen MR) is 69.1 cm³/mol. The molecular weight excluding hydrogens is 251 g/mol. The second-order valence-electron chi connectivity index (χ2n) is 4.18. The van der Waals surface area contributed by atoms with Gasteiger partial charge in [-0.15, -0.1) is 0 Å². The molecule has 2 rings (SSSR count). The number of benzene rings is 2. The van der Waals surface area contributed by atoms with Crippen LogP contribution in [-0.2, 0) is 6.54 Å². The maximum atomic E-state index is 13.8. The molecule has 0 atom stereocenters. The summed E-state index contributed by atoms with van der Waals surface area (Å²) in [7, 11) is 0. The van der Waals surface area contributed by atoms with Crippen LogP contribution < -0.4 is 5.32 Å². The first kappa shape index (κ1) is 13.6. The zero-order chi connectivity index (χ0) is 13.8. The summed E-state index contributed by atoms with van der Waals surface area (Å²) in [5, 5.41) is 3.09. The Morgan fingerprint density at radius 1 is 1.00 bits per heavy atom. The molecular formula is C15H14F3N. The van der Waals surface area contributed by atoms with E-state index in [1.54, 1.807) is 6.07 Å². The monoisotopic (exact) mass is 265 g/mol. The van der Waals surface area contributed by atoms with Crippen molar-refractivity contribution >= 4 is 0 Å². The van der Waals surface area contributed by atoms with E-state index in [9.17, 15) is 13.2 Å². The molecule has 1 nitrogen and oxygen atoms in total. The largest absolute Gasteiger partial charge is 0.313 e. The van der Waals surface area contributed by atoms with Crippen LogP contribution in [-0.4, -0.2) is 6.54 Å². The summed E-state index contributed by atoms with van der Waals surface area (Å²) in [6.07, 6.45) is 0. The minimum atomic E-state index is -0.953. The molecule has 0 aliphatic carbocycles. The molecule has 2 aromatic carbocycles. The van der Waals surface area contributed by atoms with Gasteiger partial charge in [-0.1, -0.05) is 25.1 Å². The maximum Gasteiger partial charge on any atom is 0.166 e. The van der Waals surface area contributed by atoms with Gasteiger partial charge in [-0.2, -0.15) is 0 Å². The van der Waals surface area contributed by atoms with Crippen LogP contribution in [0.15, 0.2) is 36.4 Å². The van der Waals surface area contributed by atoms with Crippen molar-refractivity contribution < 1.29 is 13.2 Å². The lowest BCUT2D eigenvalue weighted by atomic mass is 9.98. The van der Waals surface area contributed by atoms with Gasteiger partial charge in [0.1, 0.15) is 5.82 Å². The lowest BCUT2D eigenvalue weighted by Gasteiger charge is -2.11. The fourth-order valence-corrected chi connectivity index (χ4v) is 1.93. The van der Waals surface area contributed by atoms with Crippen molar-refractivity contribution in [1.82, 2.24) is 5.32 Å². The summed E-state index contributed by atoms with van der Waals surface area (Å²) in [6, 6.07) is 8.02. The molecule has 0 saturated carbocycles. The van der Waals surface area contributed by atoms with E-state index in [4.69, 9.17) is 0 Å². The number of nitrogens with one attached hydrogen (secondary N) is 1. The Balaban J connectivity index is 2.53. The molecule has 0 radical (unpaired) electrons. The lowest BCUT2D eigenvalue weighted by molar-refractivity contribution is 0.511. The third kappa shape index (κ3) is 2.96. The van der Waals surface area contributed by atoms with Gasteiger partial charge in [-0.05, 0) is 35.9 Å². The first-order valence-electron chi connectivity index (χ1n) is 6.07. The zero-order valence-electron chi connectivity index (χ0n) is 10.5. The lowest BCUT2D eigenvalue weighted by Crippen LogP contribution is -2.12. The van der Waals surface area contributed by atoms with Gasteiger partial charge < -0.3 is 5.32 Å². The van der Waals surface area contributed by atoms with E-state index in [2.05, 4.69) is 5.32 Å². The van der Waals surface area contributed by atoms with E-state index >= 15 is 0 Å². The first-order valence-corrected chi connectivity index (χ1v) is 6.07. The van der Waals surface area contributed by atoms with Crippen LogP contribution in [0.1, 0.15) is 12.5 Å². The normalized spacial score (nSPS) is 10.7. The van der Waals surface area contributed by atoms with Crippen LogP contribution in [0.2, 0.25) is 0 Å². The summed E-state index contributed by atoms with van der Waals surface area (Å²) in [5.41, 5.74) is 1.18. The highest BCUT2D eigenvalue weighted by Gasteiger charge is 2.13. The SMILES string of the molecule is CCNCc1ccc(F)cc1-c1cccc(F)c1F. The topological polar surface area (TPSA) is 12.0 Å². The number of hydrogen-bond donors (Lipinski definition) is 1. The second kappa shape index (κ2) is 5.89. The Morgan fingerprint density at radius 2 is 1.79 bits per heavy atom. The Hall–Kier alpha value is -1.81. The quantitative estimate of drug-likeness (QED) is 0.884. The minimum absolute atomic E-state index is 0.0763. The molecule has 0 spiro atoms. The standard InChI is InChI=1S/C15H14F3N/c1-2-19-9-10-6-7-11(16)8-13(10)12-4-3-5-14(17)15(12)18/h3-8,19H,2,9H2,1H3. The summed E-state index contributed by atoms with van der Waals surface area (Å²) in [4.78, 5) is 0. The van der Waals surface area contributed by atoms with Gasteiger partial charge >= 0.3 is 0 Å². The first-order chi connectivity index (χ1) is 9.13. The molecule has 0 saturated heterocycles. The van der Waals surface area contributed by atoms with Gasteiger partial charge in [-0.3, -0.25) is 0 Å². The third-order valence-corrected chi connectivity index (χ3v) is 2.88. The van der Waals surface area contributed by atoms with E-state index < -0.39 is 17.5 Å². The molecule has 4 heteroatoms. The Labute approximate surface area is 110 Å². The molecule has 0 unspecified atom stereocenters. The van der Waals surface area contributed by atoms with Gasteiger partial charge in [0.2, 0.25) is 0 Å². The molecule has 0 heterocycles. The smallest absolute Gasteiger partial charge is 0.166 e. The average molecular weight is 265 g/mol. The van der Waals surface area contributed by atoms with E-state index in [0.717, 1.165) is 18.2 Å². The molecule has 100 valence electrons. The Kier molecular flexibility index (Phi) is 4.22. The van der Waals surface area contributed by atoms with Crippen molar-refractivity contribution in [3.8, 4) is 11.1 Å². The van der Waals surface area contributed by atoms with Crippen LogP contribution in [0, 0.1) is 17.5 Å². The van der Waals surface area contributed by atoms with Gasteiger partial charge in [0.05, 0.1) is 0 Å². The van der Waals surface area contributed by atoms with Gasteiger partial charge in [-0.25, -0.2) is 13.2 Å². The molecule has 0 aliphatic heterocycles. The minimum Gasteiger partial charge on any atom is -0.313 e. The van der Waals surface area contributed by atoms with Gasteiger partial charge in [0, 0.05) is 12.1 Å². The molecule has 0 fully saturated rings. The van der Waals surface area contributed by atoms with Crippen molar-refractivity contribution in [1.29, 1.82) is 0 Å². The molecule has 0 amide bonds. The maximum absolute atomic E-state index is 13.8. The van der Waals surface area contributed by atoms with E-state index in [-0.39, 0.29) is 5.56 Å². The highest BCUT2D eigenvalue weighted by Crippen LogP contribution is 2.28. The van der Waals surface area contributed by atoms with Crippen molar-refractivity contribution in [3.63, 3.8) is 0 Å². The highest BCUT2D eigenvalue weighted by atomic mass is 19.2. The van der Waals surface area contributed by atoms with Crippen LogP contribution in [0.25, 0.3) is 11.1 Å². The van der Waals surface area contributed by atoms with E-state index in [1.807, 2.05) is 6.92 Å². The highest BCUT2D eigenvalue weighted by molar-refractivity contribution is 5.68. The Morgan fingerprint density at radius 3 is 2.53 bits per heavy atom. The van der Waals surface area contributed by atoms with Crippen molar-refractivity contribution in [2.75, 3.05) is 6.54 Å². The van der Waals surface area contributed by atoms with Crippen LogP contribution in [0.4, 0.5) is 13.2 Å². The fourth-order valence-electron chi connectivity index (χ4n) is 1.93. The van der Waals surface area contributed by atoms with E-state index in [1.165, 1.54) is 24.3 Å². The van der Waals surface area contributed by atoms with Crippen LogP contribution in [0.3, 0.4) is 0 Å². The average Bonchev–Trinajstić information content (AvgIpc) is 2.40. The van der Waals surface area contributed by atoms with Crippen molar-refractivity contribution in [2.24, 2.45) is 0 Å². The molecule has 2 aromatic rings. The number of halogens is 3. The molecule has 19 heavy (non-hydrogen) atoms.